The number of para-hydroxylation sites is 1. The molecule has 90 valence electrons. The topological polar surface area (TPSA) is 46.1 Å². The van der Waals surface area contributed by atoms with Crippen LogP contribution >= 0.6 is 0 Å². The molecule has 0 aliphatic carbocycles. The van der Waals surface area contributed by atoms with E-state index in [1.54, 1.807) is 0 Å². The molecule has 3 nitrogen and oxygen atoms in total. The fourth-order valence-electron chi connectivity index (χ4n) is 1.27. The van der Waals surface area contributed by atoms with Gasteiger partial charge in [-0.25, -0.2) is 0 Å². The van der Waals surface area contributed by atoms with E-state index < -0.39 is 6.10 Å². The van der Waals surface area contributed by atoms with Crippen LogP contribution < -0.4 is 10.1 Å². The van der Waals surface area contributed by atoms with E-state index in [0.29, 0.717) is 13.2 Å². The first-order valence-corrected chi connectivity index (χ1v) is 5.68. The van der Waals surface area contributed by atoms with Crippen molar-refractivity contribution in [3.05, 3.63) is 30.3 Å². The number of hydrogen-bond acceptors (Lipinski definition) is 2. The van der Waals surface area contributed by atoms with E-state index in [2.05, 4.69) is 26.1 Å². The van der Waals surface area contributed by atoms with E-state index in [1.807, 2.05) is 30.3 Å². The number of hydrogen-bond donors (Lipinski definition) is 2. The van der Waals surface area contributed by atoms with Crippen molar-refractivity contribution in [2.45, 2.75) is 32.4 Å². The molecule has 0 saturated carbocycles. The van der Waals surface area contributed by atoms with Gasteiger partial charge >= 0.3 is 0 Å². The minimum absolute atomic E-state index is 0.147. The lowest BCUT2D eigenvalue weighted by molar-refractivity contribution is -0.722. The second-order valence-corrected chi connectivity index (χ2v) is 5.08. The molecule has 0 aliphatic heterocycles. The minimum Gasteiger partial charge on any atom is -0.491 e. The number of ether oxygens (including phenoxy) is 1. The number of quaternary nitrogens is 1. The third kappa shape index (κ3) is 5.73. The van der Waals surface area contributed by atoms with Crippen molar-refractivity contribution < 1.29 is 15.2 Å². The summed E-state index contributed by atoms with van der Waals surface area (Å²) in [6.45, 7) is 7.38. The Morgan fingerprint density at radius 2 is 1.88 bits per heavy atom. The summed E-state index contributed by atoms with van der Waals surface area (Å²) in [5.74, 6) is 0.803. The van der Waals surface area contributed by atoms with Crippen LogP contribution in [-0.4, -0.2) is 29.9 Å². The summed E-state index contributed by atoms with van der Waals surface area (Å²) < 4.78 is 5.46. The number of rotatable bonds is 5. The van der Waals surface area contributed by atoms with E-state index in [0.717, 1.165) is 5.75 Å². The average molecular weight is 224 g/mol. The predicted octanol–water partition coefficient (Wildman–Crippen LogP) is 0.788. The standard InChI is InChI=1S/C13H21NO2/c1-13(2,3)14-9-11(15)10-16-12-7-5-4-6-8-12/h4-8,11,14-15H,9-10H2,1-3H3/p+1. The molecule has 0 fully saturated rings. The van der Waals surface area contributed by atoms with Crippen LogP contribution in [0.2, 0.25) is 0 Å². The predicted molar refractivity (Wildman–Crippen MR) is 64.5 cm³/mol. The Morgan fingerprint density at radius 3 is 2.44 bits per heavy atom. The van der Waals surface area contributed by atoms with Gasteiger partial charge in [0, 0.05) is 0 Å². The summed E-state index contributed by atoms with van der Waals surface area (Å²) in [6, 6.07) is 9.56. The third-order valence-corrected chi connectivity index (χ3v) is 2.19. The molecule has 0 spiro atoms. The molecule has 1 aromatic carbocycles. The molecular weight excluding hydrogens is 202 g/mol. The molecule has 0 aromatic heterocycles. The van der Waals surface area contributed by atoms with Crippen LogP contribution in [0.4, 0.5) is 0 Å². The largest absolute Gasteiger partial charge is 0.491 e. The fourth-order valence-corrected chi connectivity index (χ4v) is 1.27. The number of aliphatic hydroxyl groups is 1. The zero-order valence-electron chi connectivity index (χ0n) is 10.3. The molecule has 0 amide bonds. The average Bonchev–Trinajstić information content (AvgIpc) is 2.24. The Balaban J connectivity index is 2.23. The smallest absolute Gasteiger partial charge is 0.137 e. The molecular formula is C13H22NO2+. The van der Waals surface area contributed by atoms with Crippen molar-refractivity contribution in [3.8, 4) is 5.75 Å². The molecule has 0 heterocycles. The minimum atomic E-state index is -0.431. The second kappa shape index (κ2) is 5.87. The molecule has 1 atom stereocenters. The Morgan fingerprint density at radius 1 is 1.25 bits per heavy atom. The van der Waals surface area contributed by atoms with Crippen molar-refractivity contribution in [2.75, 3.05) is 13.2 Å². The monoisotopic (exact) mass is 224 g/mol. The van der Waals surface area contributed by atoms with Crippen LogP contribution in [0.3, 0.4) is 0 Å². The summed E-state index contributed by atoms with van der Waals surface area (Å²) in [5.41, 5.74) is 0.147. The first-order valence-electron chi connectivity index (χ1n) is 5.68. The molecule has 0 bridgehead atoms. The van der Waals surface area contributed by atoms with Crippen molar-refractivity contribution >= 4 is 0 Å². The first kappa shape index (κ1) is 13.0. The van der Waals surface area contributed by atoms with Gasteiger partial charge in [0.1, 0.15) is 25.0 Å². The van der Waals surface area contributed by atoms with E-state index >= 15 is 0 Å². The lowest BCUT2D eigenvalue weighted by Gasteiger charge is -2.19. The normalized spacial score (nSPS) is 13.5. The number of nitrogens with two attached hydrogens (primary N) is 1. The van der Waals surface area contributed by atoms with Crippen molar-refractivity contribution in [3.63, 3.8) is 0 Å². The summed E-state index contributed by atoms with van der Waals surface area (Å²) in [4.78, 5) is 0. The molecule has 3 heteroatoms. The Kier molecular flexibility index (Phi) is 4.77. The lowest BCUT2D eigenvalue weighted by atomic mass is 10.1. The summed E-state index contributed by atoms with van der Waals surface area (Å²) in [7, 11) is 0. The number of benzene rings is 1. The van der Waals surface area contributed by atoms with E-state index in [1.165, 1.54) is 0 Å². The molecule has 16 heavy (non-hydrogen) atoms. The van der Waals surface area contributed by atoms with Gasteiger partial charge in [0.05, 0.1) is 5.54 Å². The van der Waals surface area contributed by atoms with Gasteiger partial charge in [-0.15, -0.1) is 0 Å². The van der Waals surface area contributed by atoms with Gasteiger partial charge in [0.2, 0.25) is 0 Å². The summed E-state index contributed by atoms with van der Waals surface area (Å²) in [5, 5.41) is 11.8. The summed E-state index contributed by atoms with van der Waals surface area (Å²) >= 11 is 0. The zero-order chi connectivity index (χ0) is 12.0. The zero-order valence-corrected chi connectivity index (χ0v) is 10.3. The maximum atomic E-state index is 9.72. The van der Waals surface area contributed by atoms with Crippen LogP contribution in [-0.2, 0) is 0 Å². The highest BCUT2D eigenvalue weighted by Gasteiger charge is 2.16. The van der Waals surface area contributed by atoms with Crippen LogP contribution in [0.1, 0.15) is 20.8 Å². The third-order valence-electron chi connectivity index (χ3n) is 2.19. The molecule has 0 aliphatic rings. The Bertz CT molecular complexity index is 293. The van der Waals surface area contributed by atoms with Gasteiger partial charge in [-0.1, -0.05) is 18.2 Å². The maximum absolute atomic E-state index is 9.72. The van der Waals surface area contributed by atoms with Gasteiger partial charge in [-0.2, -0.15) is 0 Å². The van der Waals surface area contributed by atoms with Gasteiger partial charge < -0.3 is 15.2 Å². The van der Waals surface area contributed by atoms with Crippen molar-refractivity contribution in [2.24, 2.45) is 0 Å². The quantitative estimate of drug-likeness (QED) is 0.776. The van der Waals surface area contributed by atoms with Crippen LogP contribution in [0.25, 0.3) is 0 Å². The molecule has 1 unspecified atom stereocenters. The van der Waals surface area contributed by atoms with Crippen LogP contribution in [0.15, 0.2) is 30.3 Å². The SMILES string of the molecule is CC(C)(C)[NH2+]CC(O)COc1ccccc1. The van der Waals surface area contributed by atoms with Crippen LogP contribution in [0.5, 0.6) is 5.75 Å². The van der Waals surface area contributed by atoms with E-state index in [-0.39, 0.29) is 5.54 Å². The van der Waals surface area contributed by atoms with Gasteiger partial charge in [0.15, 0.2) is 0 Å². The molecule has 1 aromatic rings. The van der Waals surface area contributed by atoms with Crippen molar-refractivity contribution in [1.82, 2.24) is 0 Å². The second-order valence-electron chi connectivity index (χ2n) is 5.08. The fraction of sp³-hybridized carbons (Fsp3) is 0.538. The highest BCUT2D eigenvalue weighted by atomic mass is 16.5. The van der Waals surface area contributed by atoms with Gasteiger partial charge in [0.25, 0.3) is 0 Å². The maximum Gasteiger partial charge on any atom is 0.137 e. The van der Waals surface area contributed by atoms with Crippen molar-refractivity contribution in [1.29, 1.82) is 0 Å². The van der Waals surface area contributed by atoms with E-state index in [4.69, 9.17) is 4.74 Å². The van der Waals surface area contributed by atoms with Crippen LogP contribution in [0, 0.1) is 0 Å². The summed E-state index contributed by atoms with van der Waals surface area (Å²) in [6.07, 6.45) is -0.431. The molecule has 1 rings (SSSR count). The van der Waals surface area contributed by atoms with Gasteiger partial charge in [-0.05, 0) is 32.9 Å². The molecule has 0 radical (unpaired) electrons. The number of aliphatic hydroxyl groups excluding tert-OH is 1. The molecule has 0 saturated heterocycles. The molecule has 3 N–H and O–H groups in total. The van der Waals surface area contributed by atoms with E-state index in [9.17, 15) is 5.11 Å². The Labute approximate surface area is 97.4 Å². The van der Waals surface area contributed by atoms with Gasteiger partial charge in [-0.3, -0.25) is 0 Å². The first-order chi connectivity index (χ1) is 7.47. The lowest BCUT2D eigenvalue weighted by Crippen LogP contribution is -2.96. The Hall–Kier alpha value is -1.06. The highest BCUT2D eigenvalue weighted by Crippen LogP contribution is 2.08. The highest BCUT2D eigenvalue weighted by molar-refractivity contribution is 5.20.